The maximum absolute atomic E-state index is 14.8. The lowest BCUT2D eigenvalue weighted by Gasteiger charge is -2.23. The zero-order chi connectivity index (χ0) is 23.2. The van der Waals surface area contributed by atoms with Gasteiger partial charge in [0.2, 0.25) is 0 Å². The minimum absolute atomic E-state index is 0.374. The van der Waals surface area contributed by atoms with Gasteiger partial charge >= 0.3 is 0 Å². The first-order valence-electron chi connectivity index (χ1n) is 10.1. The fourth-order valence-corrected chi connectivity index (χ4v) is 4.71. The second-order valence-electron chi connectivity index (χ2n) is 7.09. The van der Waals surface area contributed by atoms with Gasteiger partial charge in [0.1, 0.15) is 5.82 Å². The van der Waals surface area contributed by atoms with Crippen LogP contribution in [0.25, 0.3) is 11.3 Å². The average Bonchev–Trinajstić information content (AvgIpc) is 3.35. The van der Waals surface area contributed by atoms with Gasteiger partial charge in [-0.3, -0.25) is 4.98 Å². The molecule has 2 aromatic heterocycles. The van der Waals surface area contributed by atoms with Crippen LogP contribution in [-0.2, 0) is 0 Å². The molecule has 2 heterocycles. The number of rotatable bonds is 9. The molecule has 0 fully saturated rings. The summed E-state index contributed by atoms with van der Waals surface area (Å²) in [6, 6.07) is 14.9. The van der Waals surface area contributed by atoms with Crippen LogP contribution in [0.5, 0.6) is 0 Å². The highest BCUT2D eigenvalue weighted by atomic mass is 35.5. The molecule has 0 amide bonds. The van der Waals surface area contributed by atoms with E-state index >= 15 is 0 Å². The van der Waals surface area contributed by atoms with Gasteiger partial charge < -0.3 is 20.7 Å². The summed E-state index contributed by atoms with van der Waals surface area (Å²) in [5, 5.41) is 6.16. The van der Waals surface area contributed by atoms with E-state index in [2.05, 4.69) is 20.0 Å². The molecule has 0 spiro atoms. The molecule has 0 radical (unpaired) electrons. The molecule has 0 aliphatic carbocycles. The summed E-state index contributed by atoms with van der Waals surface area (Å²) in [5.74, 6) is -0.401. The fourth-order valence-electron chi connectivity index (χ4n) is 3.16. The highest BCUT2D eigenvalue weighted by Gasteiger charge is 2.15. The zero-order valence-electron chi connectivity index (χ0n) is 17.8. The number of aromatic nitrogens is 2. The molecule has 0 bridgehead atoms. The van der Waals surface area contributed by atoms with Crippen LogP contribution in [0.4, 0.5) is 26.6 Å². The number of pyridine rings is 1. The Balaban J connectivity index is 1.61. The van der Waals surface area contributed by atoms with Crippen LogP contribution in [-0.4, -0.2) is 30.1 Å². The molecule has 0 aliphatic heterocycles. The Morgan fingerprint density at radius 3 is 2.70 bits per heavy atom. The molecule has 4 aromatic rings. The molecule has 0 saturated heterocycles. The number of anilines is 4. The van der Waals surface area contributed by atoms with Gasteiger partial charge in [0.15, 0.2) is 5.13 Å². The summed E-state index contributed by atoms with van der Waals surface area (Å²) in [6.07, 6.45) is 3.41. The standard InChI is InChI=1S/C23H22ClFN6S2/c1-31(9-7-26)21-13-18(15-5-3-2-4-6-15)28-14-20(21)29-19-12-17(25)22(11-16(19)24)33-30-23-27-8-10-32-23/h2-6,8,10-14,29H,7,9,26H2,1H3,(H,27,30). The van der Waals surface area contributed by atoms with Gasteiger partial charge in [-0.1, -0.05) is 41.9 Å². The number of halogens is 2. The summed E-state index contributed by atoms with van der Waals surface area (Å²) >= 11 is 9.05. The minimum Gasteiger partial charge on any atom is -0.372 e. The van der Waals surface area contributed by atoms with E-state index in [0.29, 0.717) is 39.5 Å². The molecular weight excluding hydrogens is 479 g/mol. The summed E-state index contributed by atoms with van der Waals surface area (Å²) in [6.45, 7) is 1.14. The number of nitrogens with one attached hydrogen (secondary N) is 2. The highest BCUT2D eigenvalue weighted by Crippen LogP contribution is 2.36. The quantitative estimate of drug-likeness (QED) is 0.234. The average molecular weight is 501 g/mol. The smallest absolute Gasteiger partial charge is 0.192 e. The third kappa shape index (κ3) is 5.75. The van der Waals surface area contributed by atoms with E-state index in [4.69, 9.17) is 17.3 Å². The van der Waals surface area contributed by atoms with Crippen molar-refractivity contribution < 1.29 is 4.39 Å². The molecule has 6 nitrogen and oxygen atoms in total. The van der Waals surface area contributed by atoms with Crippen molar-refractivity contribution in [2.24, 2.45) is 5.73 Å². The first-order valence-corrected chi connectivity index (χ1v) is 12.2. The third-order valence-electron chi connectivity index (χ3n) is 4.80. The molecule has 0 saturated carbocycles. The minimum atomic E-state index is -0.401. The van der Waals surface area contributed by atoms with Crippen molar-refractivity contribution in [1.29, 1.82) is 0 Å². The van der Waals surface area contributed by atoms with Crippen LogP contribution in [0, 0.1) is 5.82 Å². The van der Waals surface area contributed by atoms with E-state index < -0.39 is 5.82 Å². The third-order valence-corrected chi connectivity index (χ3v) is 6.76. The van der Waals surface area contributed by atoms with Gasteiger partial charge in [-0.2, -0.15) is 0 Å². The Hall–Kier alpha value is -2.85. The van der Waals surface area contributed by atoms with Crippen molar-refractivity contribution in [1.82, 2.24) is 9.97 Å². The Bertz CT molecular complexity index is 1210. The van der Waals surface area contributed by atoms with Crippen LogP contribution >= 0.6 is 34.9 Å². The predicted octanol–water partition coefficient (Wildman–Crippen LogP) is 6.26. The summed E-state index contributed by atoms with van der Waals surface area (Å²) < 4.78 is 17.8. The van der Waals surface area contributed by atoms with Crippen molar-refractivity contribution in [2.45, 2.75) is 4.90 Å². The van der Waals surface area contributed by atoms with E-state index in [0.717, 1.165) is 28.9 Å². The van der Waals surface area contributed by atoms with Crippen molar-refractivity contribution in [3.63, 3.8) is 0 Å². The highest BCUT2D eigenvalue weighted by molar-refractivity contribution is 8.00. The van der Waals surface area contributed by atoms with Gasteiger partial charge in [0.25, 0.3) is 0 Å². The Labute approximate surface area is 205 Å². The number of hydrogen-bond donors (Lipinski definition) is 3. The van der Waals surface area contributed by atoms with Crippen LogP contribution in [0.15, 0.2) is 71.2 Å². The second kappa shape index (κ2) is 10.8. The number of likely N-dealkylation sites (N-methyl/N-ethyl adjacent to an activating group) is 1. The van der Waals surface area contributed by atoms with Gasteiger partial charge in [0, 0.05) is 43.3 Å². The molecule has 0 atom stereocenters. The molecule has 170 valence electrons. The lowest BCUT2D eigenvalue weighted by molar-refractivity contribution is 0.603. The van der Waals surface area contributed by atoms with Gasteiger partial charge in [-0.05, 0) is 24.1 Å². The molecule has 33 heavy (non-hydrogen) atoms. The first kappa shape index (κ1) is 23.3. The largest absolute Gasteiger partial charge is 0.372 e. The summed E-state index contributed by atoms with van der Waals surface area (Å²) in [5.41, 5.74) is 9.65. The molecule has 10 heteroatoms. The molecule has 4 rings (SSSR count). The predicted molar refractivity (Wildman–Crippen MR) is 138 cm³/mol. The number of nitrogens with zero attached hydrogens (tertiary/aromatic N) is 3. The van der Waals surface area contributed by atoms with Crippen LogP contribution in [0.3, 0.4) is 0 Å². The van der Waals surface area contributed by atoms with E-state index in [9.17, 15) is 4.39 Å². The summed E-state index contributed by atoms with van der Waals surface area (Å²) in [4.78, 5) is 11.1. The normalized spacial score (nSPS) is 10.8. The van der Waals surface area contributed by atoms with Crippen molar-refractivity contribution in [3.8, 4) is 11.3 Å². The first-order chi connectivity index (χ1) is 16.0. The lowest BCUT2D eigenvalue weighted by Crippen LogP contribution is -2.25. The Morgan fingerprint density at radius 1 is 1.15 bits per heavy atom. The van der Waals surface area contributed by atoms with E-state index in [1.807, 2.05) is 53.7 Å². The second-order valence-corrected chi connectivity index (χ2v) is 9.24. The number of thiazole rings is 1. The van der Waals surface area contributed by atoms with Crippen molar-refractivity contribution >= 4 is 57.1 Å². The molecule has 2 aromatic carbocycles. The van der Waals surface area contributed by atoms with Gasteiger partial charge in [0.05, 0.1) is 38.9 Å². The van der Waals surface area contributed by atoms with Crippen molar-refractivity contribution in [2.75, 3.05) is 35.1 Å². The van der Waals surface area contributed by atoms with Gasteiger partial charge in [-0.25, -0.2) is 9.37 Å². The van der Waals surface area contributed by atoms with Crippen LogP contribution in [0.1, 0.15) is 0 Å². The molecule has 0 aliphatic rings. The van der Waals surface area contributed by atoms with Gasteiger partial charge in [-0.15, -0.1) is 11.3 Å². The molecule has 0 unspecified atom stereocenters. The monoisotopic (exact) mass is 500 g/mol. The number of benzene rings is 2. The van der Waals surface area contributed by atoms with Crippen molar-refractivity contribution in [3.05, 3.63) is 77.1 Å². The molecular formula is C23H22ClFN6S2. The van der Waals surface area contributed by atoms with E-state index in [-0.39, 0.29) is 0 Å². The Morgan fingerprint density at radius 2 is 1.97 bits per heavy atom. The Kier molecular flexibility index (Phi) is 7.66. The number of hydrogen-bond acceptors (Lipinski definition) is 8. The van der Waals surface area contributed by atoms with Crippen LogP contribution < -0.4 is 20.7 Å². The topological polar surface area (TPSA) is 79.1 Å². The number of nitrogens with two attached hydrogens (primary N) is 1. The molecule has 4 N–H and O–H groups in total. The zero-order valence-corrected chi connectivity index (χ0v) is 20.1. The fraction of sp³-hybridized carbons (Fsp3) is 0.130. The van der Waals surface area contributed by atoms with Crippen LogP contribution in [0.2, 0.25) is 5.02 Å². The summed E-state index contributed by atoms with van der Waals surface area (Å²) in [7, 11) is 1.95. The lowest BCUT2D eigenvalue weighted by atomic mass is 10.1. The maximum atomic E-state index is 14.8. The van der Waals surface area contributed by atoms with E-state index in [1.165, 1.54) is 17.4 Å². The van der Waals surface area contributed by atoms with E-state index in [1.54, 1.807) is 18.5 Å². The maximum Gasteiger partial charge on any atom is 0.192 e. The SMILES string of the molecule is CN(CCN)c1cc(-c2ccccc2)ncc1Nc1cc(F)c(SNc2nccs2)cc1Cl.